The zero-order chi connectivity index (χ0) is 15.2. The molecule has 0 spiro atoms. The molecule has 6 nitrogen and oxygen atoms in total. The second kappa shape index (κ2) is 4.83. The van der Waals surface area contributed by atoms with E-state index in [1.165, 1.54) is 0 Å². The average Bonchev–Trinajstić information content (AvgIpc) is 2.87. The van der Waals surface area contributed by atoms with E-state index in [0.717, 1.165) is 12.4 Å². The van der Waals surface area contributed by atoms with E-state index in [4.69, 9.17) is 4.74 Å². The SMILES string of the molecule is CN1C(=O)CO[C@@H]2CN(c3cc(C(F)(F)F)ncn3)C[C@H]21. The van der Waals surface area contributed by atoms with Crippen molar-refractivity contribution >= 4 is 11.7 Å². The summed E-state index contributed by atoms with van der Waals surface area (Å²) in [5, 5.41) is 0. The van der Waals surface area contributed by atoms with Crippen molar-refractivity contribution in [2.24, 2.45) is 0 Å². The molecule has 1 amide bonds. The summed E-state index contributed by atoms with van der Waals surface area (Å²) in [5.41, 5.74) is -0.979. The van der Waals surface area contributed by atoms with Crippen LogP contribution in [-0.2, 0) is 15.7 Å². The molecule has 114 valence electrons. The van der Waals surface area contributed by atoms with Gasteiger partial charge in [0, 0.05) is 26.2 Å². The van der Waals surface area contributed by atoms with Crippen LogP contribution in [0.15, 0.2) is 12.4 Å². The van der Waals surface area contributed by atoms with E-state index in [-0.39, 0.29) is 30.5 Å². The van der Waals surface area contributed by atoms with Crippen LogP contribution in [0.25, 0.3) is 0 Å². The molecule has 1 aromatic rings. The fraction of sp³-hybridized carbons (Fsp3) is 0.583. The van der Waals surface area contributed by atoms with Crippen LogP contribution in [0, 0.1) is 0 Å². The quantitative estimate of drug-likeness (QED) is 0.758. The summed E-state index contributed by atoms with van der Waals surface area (Å²) in [6.07, 6.45) is -3.82. The van der Waals surface area contributed by atoms with E-state index >= 15 is 0 Å². The molecule has 2 aliphatic heterocycles. The number of alkyl halides is 3. The van der Waals surface area contributed by atoms with Gasteiger partial charge >= 0.3 is 6.18 Å². The summed E-state index contributed by atoms with van der Waals surface area (Å²) in [6, 6.07) is 0.745. The minimum absolute atomic E-state index is 0.00306. The molecule has 0 N–H and O–H groups in total. The first-order valence-corrected chi connectivity index (χ1v) is 6.37. The van der Waals surface area contributed by atoms with Gasteiger partial charge in [-0.1, -0.05) is 0 Å². The van der Waals surface area contributed by atoms with Crippen LogP contribution in [-0.4, -0.2) is 59.7 Å². The van der Waals surface area contributed by atoms with Gasteiger partial charge in [-0.15, -0.1) is 0 Å². The fourth-order valence-electron chi connectivity index (χ4n) is 2.62. The van der Waals surface area contributed by atoms with E-state index in [1.807, 2.05) is 0 Å². The second-order valence-electron chi connectivity index (χ2n) is 5.09. The van der Waals surface area contributed by atoms with Crippen LogP contribution in [0.1, 0.15) is 5.69 Å². The summed E-state index contributed by atoms with van der Waals surface area (Å²) in [7, 11) is 1.67. The van der Waals surface area contributed by atoms with Crippen LogP contribution in [0.3, 0.4) is 0 Å². The number of carbonyl (C=O) groups is 1. The minimum Gasteiger partial charge on any atom is -0.364 e. The van der Waals surface area contributed by atoms with Crippen LogP contribution in [0.4, 0.5) is 19.0 Å². The molecule has 0 bridgehead atoms. The lowest BCUT2D eigenvalue weighted by atomic mass is 10.1. The number of ether oxygens (including phenoxy) is 1. The molecule has 21 heavy (non-hydrogen) atoms. The summed E-state index contributed by atoms with van der Waals surface area (Å²) >= 11 is 0. The van der Waals surface area contributed by atoms with Crippen molar-refractivity contribution in [3.63, 3.8) is 0 Å². The van der Waals surface area contributed by atoms with E-state index < -0.39 is 11.9 Å². The summed E-state index contributed by atoms with van der Waals surface area (Å²) in [6.45, 7) is 0.793. The predicted octanol–water partition coefficient (Wildman–Crippen LogP) is 0.541. The van der Waals surface area contributed by atoms with E-state index in [1.54, 1.807) is 16.8 Å². The highest BCUT2D eigenvalue weighted by atomic mass is 19.4. The largest absolute Gasteiger partial charge is 0.433 e. The number of carbonyl (C=O) groups excluding carboxylic acids is 1. The highest BCUT2D eigenvalue weighted by Crippen LogP contribution is 2.31. The Kier molecular flexibility index (Phi) is 3.23. The number of amides is 1. The number of hydrogen-bond acceptors (Lipinski definition) is 5. The molecular formula is C12H13F3N4O2. The molecular weight excluding hydrogens is 289 g/mol. The summed E-state index contributed by atoms with van der Waals surface area (Å²) in [5.74, 6) is 0.0629. The lowest BCUT2D eigenvalue weighted by molar-refractivity contribution is -0.150. The van der Waals surface area contributed by atoms with Gasteiger partial charge in [0.2, 0.25) is 5.91 Å². The van der Waals surface area contributed by atoms with Gasteiger partial charge in [-0.25, -0.2) is 9.97 Å². The van der Waals surface area contributed by atoms with Crippen molar-refractivity contribution < 1.29 is 22.7 Å². The van der Waals surface area contributed by atoms with Gasteiger partial charge in [0.25, 0.3) is 0 Å². The van der Waals surface area contributed by atoms with Gasteiger partial charge in [-0.05, 0) is 0 Å². The molecule has 0 radical (unpaired) electrons. The van der Waals surface area contributed by atoms with Gasteiger partial charge in [0.05, 0.1) is 12.1 Å². The van der Waals surface area contributed by atoms with Crippen LogP contribution >= 0.6 is 0 Å². The Balaban J connectivity index is 1.82. The maximum atomic E-state index is 12.7. The Labute approximate surface area is 118 Å². The normalized spacial score (nSPS) is 26.2. The molecule has 0 unspecified atom stereocenters. The highest BCUT2D eigenvalue weighted by molar-refractivity contribution is 5.78. The zero-order valence-corrected chi connectivity index (χ0v) is 11.2. The molecule has 3 heterocycles. The third-order valence-corrected chi connectivity index (χ3v) is 3.82. The van der Waals surface area contributed by atoms with Gasteiger partial charge in [-0.3, -0.25) is 4.79 Å². The average molecular weight is 302 g/mol. The summed E-state index contributed by atoms with van der Waals surface area (Å²) in [4.78, 5) is 22.0. The molecule has 3 rings (SSSR count). The first-order chi connectivity index (χ1) is 9.86. The molecule has 2 atom stereocenters. The standard InChI is InChI=1S/C12H13F3N4O2/c1-18-7-3-19(4-8(7)21-5-11(18)20)10-2-9(12(13,14)15)16-6-17-10/h2,6-8H,3-5H2,1H3/t7-,8-/m1/s1. The molecule has 9 heteroatoms. The number of likely N-dealkylation sites (N-methyl/N-ethyl adjacent to an activating group) is 1. The Morgan fingerprint density at radius 2 is 2.10 bits per heavy atom. The first-order valence-electron chi connectivity index (χ1n) is 6.37. The molecule has 1 aromatic heterocycles. The third kappa shape index (κ3) is 2.53. The Morgan fingerprint density at radius 1 is 1.33 bits per heavy atom. The molecule has 2 aliphatic rings. The second-order valence-corrected chi connectivity index (χ2v) is 5.09. The Morgan fingerprint density at radius 3 is 2.81 bits per heavy atom. The number of aromatic nitrogens is 2. The first kappa shape index (κ1) is 14.1. The number of anilines is 1. The van der Waals surface area contributed by atoms with Crippen molar-refractivity contribution in [1.29, 1.82) is 0 Å². The van der Waals surface area contributed by atoms with Crippen molar-refractivity contribution in [3.8, 4) is 0 Å². The third-order valence-electron chi connectivity index (χ3n) is 3.82. The van der Waals surface area contributed by atoms with Crippen LogP contribution in [0.2, 0.25) is 0 Å². The van der Waals surface area contributed by atoms with Crippen LogP contribution < -0.4 is 4.90 Å². The van der Waals surface area contributed by atoms with Gasteiger partial charge in [-0.2, -0.15) is 13.2 Å². The Hall–Kier alpha value is -1.90. The van der Waals surface area contributed by atoms with E-state index in [0.29, 0.717) is 13.1 Å². The topological polar surface area (TPSA) is 58.6 Å². The number of nitrogens with zero attached hydrogens (tertiary/aromatic N) is 4. The maximum absolute atomic E-state index is 12.7. The maximum Gasteiger partial charge on any atom is 0.433 e. The van der Waals surface area contributed by atoms with Gasteiger partial charge < -0.3 is 14.5 Å². The van der Waals surface area contributed by atoms with Crippen molar-refractivity contribution in [1.82, 2.24) is 14.9 Å². The predicted molar refractivity (Wildman–Crippen MR) is 65.5 cm³/mol. The van der Waals surface area contributed by atoms with Gasteiger partial charge in [0.1, 0.15) is 24.4 Å². The minimum atomic E-state index is -4.51. The number of rotatable bonds is 1. The number of halogens is 3. The number of hydrogen-bond donors (Lipinski definition) is 0. The smallest absolute Gasteiger partial charge is 0.364 e. The van der Waals surface area contributed by atoms with Crippen molar-refractivity contribution in [3.05, 3.63) is 18.1 Å². The van der Waals surface area contributed by atoms with Crippen molar-refractivity contribution in [2.45, 2.75) is 18.3 Å². The number of fused-ring (bicyclic) bond motifs is 1. The Bertz CT molecular complexity index is 566. The number of morpholine rings is 1. The molecule has 0 aromatic carbocycles. The van der Waals surface area contributed by atoms with Gasteiger partial charge in [0.15, 0.2) is 0 Å². The zero-order valence-electron chi connectivity index (χ0n) is 11.2. The highest BCUT2D eigenvalue weighted by Gasteiger charge is 2.42. The lowest BCUT2D eigenvalue weighted by Gasteiger charge is -2.33. The van der Waals surface area contributed by atoms with Crippen LogP contribution in [0.5, 0.6) is 0 Å². The fourth-order valence-corrected chi connectivity index (χ4v) is 2.62. The summed E-state index contributed by atoms with van der Waals surface area (Å²) < 4.78 is 43.5. The molecule has 0 aliphatic carbocycles. The molecule has 0 saturated carbocycles. The van der Waals surface area contributed by atoms with E-state index in [9.17, 15) is 18.0 Å². The monoisotopic (exact) mass is 302 g/mol. The lowest BCUT2D eigenvalue weighted by Crippen LogP contribution is -2.51. The van der Waals surface area contributed by atoms with Crippen molar-refractivity contribution in [2.75, 3.05) is 31.6 Å². The molecule has 2 saturated heterocycles. The molecule has 2 fully saturated rings. The van der Waals surface area contributed by atoms with E-state index in [2.05, 4.69) is 9.97 Å².